The molecule has 5 atom stereocenters. The highest BCUT2D eigenvalue weighted by atomic mass is 16.5. The number of hydrogen-bond donors (Lipinski definition) is 1. The molecule has 8 heteroatoms. The average molecular weight is 440 g/mol. The van der Waals surface area contributed by atoms with Crippen LogP contribution in [0.2, 0.25) is 0 Å². The maximum atomic E-state index is 12.9. The Labute approximate surface area is 187 Å². The lowest BCUT2D eigenvalue weighted by molar-refractivity contribution is -0.136. The second kappa shape index (κ2) is 7.85. The van der Waals surface area contributed by atoms with Gasteiger partial charge in [-0.3, -0.25) is 24.6 Å². The van der Waals surface area contributed by atoms with Crippen LogP contribution >= 0.6 is 0 Å². The molecule has 4 aliphatic heterocycles. The summed E-state index contributed by atoms with van der Waals surface area (Å²) in [7, 11) is 0. The molecule has 4 fully saturated rings. The van der Waals surface area contributed by atoms with Gasteiger partial charge in [-0.15, -0.1) is 0 Å². The second-order valence-corrected chi connectivity index (χ2v) is 9.88. The molecule has 1 saturated carbocycles. The van der Waals surface area contributed by atoms with Gasteiger partial charge >= 0.3 is 0 Å². The number of nitrogens with zero attached hydrogens (tertiary/aromatic N) is 2. The van der Waals surface area contributed by atoms with Gasteiger partial charge in [0.25, 0.3) is 5.91 Å². The van der Waals surface area contributed by atoms with E-state index in [1.165, 1.54) is 6.42 Å². The fourth-order valence-corrected chi connectivity index (χ4v) is 6.25. The van der Waals surface area contributed by atoms with Gasteiger partial charge in [0.2, 0.25) is 11.8 Å². The van der Waals surface area contributed by atoms with Gasteiger partial charge in [-0.25, -0.2) is 0 Å². The number of piperidine rings is 1. The van der Waals surface area contributed by atoms with Crippen molar-refractivity contribution < 1.29 is 23.9 Å². The lowest BCUT2D eigenvalue weighted by atomic mass is 10.0. The molecule has 0 aromatic heterocycles. The fourth-order valence-electron chi connectivity index (χ4n) is 6.25. The second-order valence-electron chi connectivity index (χ2n) is 9.88. The minimum absolute atomic E-state index is 0.148. The first kappa shape index (κ1) is 20.2. The first-order valence-corrected chi connectivity index (χ1v) is 11.8. The number of fused-ring (bicyclic) bond motifs is 2. The lowest BCUT2D eigenvalue weighted by Crippen LogP contribution is -2.52. The van der Waals surface area contributed by atoms with Crippen molar-refractivity contribution in [2.24, 2.45) is 11.8 Å². The zero-order chi connectivity index (χ0) is 21.8. The number of carbonyl (C=O) groups is 3. The molecule has 3 amide bonds. The molecule has 1 aromatic carbocycles. The molecule has 0 bridgehead atoms. The molecule has 32 heavy (non-hydrogen) atoms. The van der Waals surface area contributed by atoms with Crippen molar-refractivity contribution in [1.29, 1.82) is 0 Å². The summed E-state index contributed by atoms with van der Waals surface area (Å²) in [4.78, 5) is 40.8. The third kappa shape index (κ3) is 3.40. The van der Waals surface area contributed by atoms with Crippen molar-refractivity contribution in [2.45, 2.75) is 56.8 Å². The highest BCUT2D eigenvalue weighted by molar-refractivity contribution is 6.05. The third-order valence-corrected chi connectivity index (χ3v) is 7.94. The molecule has 5 aliphatic rings. The van der Waals surface area contributed by atoms with Crippen molar-refractivity contribution in [3.05, 3.63) is 29.3 Å². The molecule has 6 rings (SSSR count). The normalized spacial score (nSPS) is 34.7. The van der Waals surface area contributed by atoms with E-state index in [9.17, 15) is 14.4 Å². The highest BCUT2D eigenvalue weighted by Gasteiger charge is 2.44. The van der Waals surface area contributed by atoms with Crippen LogP contribution in [-0.2, 0) is 20.9 Å². The molecule has 8 nitrogen and oxygen atoms in total. The van der Waals surface area contributed by atoms with Crippen LogP contribution in [0.1, 0.15) is 48.0 Å². The van der Waals surface area contributed by atoms with Crippen molar-refractivity contribution in [2.75, 3.05) is 26.3 Å². The predicted molar refractivity (Wildman–Crippen MR) is 114 cm³/mol. The Morgan fingerprint density at radius 3 is 2.62 bits per heavy atom. The molecule has 1 aliphatic carbocycles. The number of nitrogens with one attached hydrogen (secondary N) is 1. The maximum Gasteiger partial charge on any atom is 0.255 e. The molecular formula is C24H29N3O5. The van der Waals surface area contributed by atoms with Crippen molar-refractivity contribution in [3.63, 3.8) is 0 Å². The van der Waals surface area contributed by atoms with Crippen molar-refractivity contribution in [3.8, 4) is 5.75 Å². The summed E-state index contributed by atoms with van der Waals surface area (Å²) >= 11 is 0. The van der Waals surface area contributed by atoms with Crippen LogP contribution in [0.15, 0.2) is 18.2 Å². The Bertz CT molecular complexity index is 953. The van der Waals surface area contributed by atoms with Crippen LogP contribution in [0.25, 0.3) is 0 Å². The number of likely N-dealkylation sites (tertiary alicyclic amines) is 1. The van der Waals surface area contributed by atoms with Gasteiger partial charge in [-0.2, -0.15) is 0 Å². The fraction of sp³-hybridized carbons (Fsp3) is 0.625. The first-order valence-electron chi connectivity index (χ1n) is 11.8. The Morgan fingerprint density at radius 2 is 1.84 bits per heavy atom. The SMILES string of the molecule is O=C1CCC(N2Cc3cc(O[C@H]4CCC[C@@H]4N4C[C@H]5COC[C@H]5C4)ccc3C2=O)C(=O)N1. The van der Waals surface area contributed by atoms with Crippen molar-refractivity contribution >= 4 is 17.7 Å². The van der Waals surface area contributed by atoms with Gasteiger partial charge in [0.15, 0.2) is 0 Å². The number of rotatable bonds is 4. The number of amides is 3. The molecule has 3 saturated heterocycles. The van der Waals surface area contributed by atoms with Gasteiger partial charge in [-0.1, -0.05) is 0 Å². The molecule has 1 unspecified atom stereocenters. The van der Waals surface area contributed by atoms with E-state index in [4.69, 9.17) is 9.47 Å². The zero-order valence-electron chi connectivity index (χ0n) is 18.1. The van der Waals surface area contributed by atoms with Gasteiger partial charge in [0.05, 0.1) is 13.2 Å². The summed E-state index contributed by atoms with van der Waals surface area (Å²) in [6.07, 6.45) is 4.18. The van der Waals surface area contributed by atoms with E-state index in [2.05, 4.69) is 10.2 Å². The Balaban J connectivity index is 1.14. The van der Waals surface area contributed by atoms with E-state index in [1.54, 1.807) is 4.90 Å². The van der Waals surface area contributed by atoms with E-state index in [0.29, 0.717) is 36.4 Å². The highest BCUT2D eigenvalue weighted by Crippen LogP contribution is 2.37. The maximum absolute atomic E-state index is 12.9. The summed E-state index contributed by atoms with van der Waals surface area (Å²) in [5, 5.41) is 2.35. The summed E-state index contributed by atoms with van der Waals surface area (Å²) in [6, 6.07) is 5.51. The zero-order valence-corrected chi connectivity index (χ0v) is 18.1. The van der Waals surface area contributed by atoms with E-state index in [1.807, 2.05) is 18.2 Å². The molecule has 0 radical (unpaired) electrons. The Morgan fingerprint density at radius 1 is 1.03 bits per heavy atom. The van der Waals surface area contributed by atoms with E-state index < -0.39 is 6.04 Å². The number of hydrogen-bond acceptors (Lipinski definition) is 6. The van der Waals surface area contributed by atoms with Gasteiger partial charge in [-0.05, 0) is 49.4 Å². The topological polar surface area (TPSA) is 88.2 Å². The minimum Gasteiger partial charge on any atom is -0.489 e. The van der Waals surface area contributed by atoms with Crippen LogP contribution < -0.4 is 10.1 Å². The summed E-state index contributed by atoms with van der Waals surface area (Å²) < 4.78 is 12.1. The quantitative estimate of drug-likeness (QED) is 0.712. The molecule has 1 N–H and O–H groups in total. The smallest absolute Gasteiger partial charge is 0.255 e. The van der Waals surface area contributed by atoms with Gasteiger partial charge in [0, 0.05) is 49.5 Å². The minimum atomic E-state index is -0.588. The van der Waals surface area contributed by atoms with Crippen LogP contribution in [0, 0.1) is 11.8 Å². The van der Waals surface area contributed by atoms with Crippen LogP contribution in [0.4, 0.5) is 0 Å². The molecular weight excluding hydrogens is 410 g/mol. The summed E-state index contributed by atoms with van der Waals surface area (Å²) in [6.45, 7) is 4.37. The first-order chi connectivity index (χ1) is 15.6. The Kier molecular flexibility index (Phi) is 4.95. The molecule has 170 valence electrons. The summed E-state index contributed by atoms with van der Waals surface area (Å²) in [5.41, 5.74) is 1.51. The largest absolute Gasteiger partial charge is 0.489 e. The van der Waals surface area contributed by atoms with E-state index in [0.717, 1.165) is 50.5 Å². The molecule has 0 spiro atoms. The Hall–Kier alpha value is -2.45. The monoisotopic (exact) mass is 439 g/mol. The van der Waals surface area contributed by atoms with Crippen LogP contribution in [-0.4, -0.2) is 72.0 Å². The van der Waals surface area contributed by atoms with Crippen LogP contribution in [0.3, 0.4) is 0 Å². The van der Waals surface area contributed by atoms with Gasteiger partial charge in [0.1, 0.15) is 17.9 Å². The lowest BCUT2D eigenvalue weighted by Gasteiger charge is -2.30. The number of ether oxygens (including phenoxy) is 2. The van der Waals surface area contributed by atoms with Crippen LogP contribution in [0.5, 0.6) is 5.75 Å². The average Bonchev–Trinajstić information content (AvgIpc) is 3.52. The van der Waals surface area contributed by atoms with E-state index in [-0.39, 0.29) is 30.2 Å². The number of imide groups is 1. The van der Waals surface area contributed by atoms with Gasteiger partial charge < -0.3 is 14.4 Å². The predicted octanol–water partition coefficient (Wildman–Crippen LogP) is 1.33. The number of carbonyl (C=O) groups excluding carboxylic acids is 3. The molecule has 1 aromatic rings. The van der Waals surface area contributed by atoms with E-state index >= 15 is 0 Å². The van der Waals surface area contributed by atoms with Crippen molar-refractivity contribution in [1.82, 2.24) is 15.1 Å². The molecule has 4 heterocycles. The summed E-state index contributed by atoms with van der Waals surface area (Å²) in [5.74, 6) is 1.33. The number of benzene rings is 1. The standard InChI is InChI=1S/C24H29N3O5/c28-22-7-6-20(23(29)25-22)27-11-14-8-17(4-5-18(14)24(27)30)32-21-3-1-2-19(21)26-9-15-12-31-13-16(15)10-26/h4-5,8,15-16,19-21H,1-3,6-7,9-13H2,(H,25,28,29)/t15-,16+,19-,20?,21-/m0/s1. The third-order valence-electron chi connectivity index (χ3n) is 7.94.